The third-order valence-electron chi connectivity index (χ3n) is 3.91. The second-order valence-corrected chi connectivity index (χ2v) is 6.85. The van der Waals surface area contributed by atoms with Gasteiger partial charge in [0.2, 0.25) is 0 Å². The lowest BCUT2D eigenvalue weighted by molar-refractivity contribution is -0.118. The number of ether oxygens (including phenoxy) is 1. The zero-order valence-electron chi connectivity index (χ0n) is 14.2. The summed E-state index contributed by atoms with van der Waals surface area (Å²) in [5, 5.41) is 3.70. The molecule has 6 heteroatoms. The number of thiazole rings is 1. The fourth-order valence-electron chi connectivity index (χ4n) is 2.63. The lowest BCUT2D eigenvalue weighted by Gasteiger charge is -2.10. The Morgan fingerprint density at radius 3 is 2.56 bits per heavy atom. The number of hydrogen-bond acceptors (Lipinski definition) is 4. The van der Waals surface area contributed by atoms with Gasteiger partial charge in [-0.2, -0.15) is 0 Å². The van der Waals surface area contributed by atoms with Crippen LogP contribution in [0.3, 0.4) is 0 Å². The van der Waals surface area contributed by atoms with Crippen LogP contribution in [-0.2, 0) is 4.79 Å². The van der Waals surface area contributed by atoms with E-state index in [-0.39, 0.29) is 18.3 Å². The van der Waals surface area contributed by atoms with Crippen molar-refractivity contribution in [2.45, 2.75) is 0 Å². The van der Waals surface area contributed by atoms with E-state index in [4.69, 9.17) is 4.74 Å². The van der Waals surface area contributed by atoms with Crippen LogP contribution in [0, 0.1) is 5.82 Å². The molecule has 0 unspecified atom stereocenters. The first-order valence-electron chi connectivity index (χ1n) is 8.32. The molecule has 0 saturated heterocycles. The van der Waals surface area contributed by atoms with Gasteiger partial charge in [-0.15, -0.1) is 11.3 Å². The van der Waals surface area contributed by atoms with Crippen molar-refractivity contribution in [3.05, 3.63) is 78.6 Å². The van der Waals surface area contributed by atoms with Gasteiger partial charge in [-0.3, -0.25) is 4.79 Å². The Kier molecular flexibility index (Phi) is 4.80. The first-order chi connectivity index (χ1) is 13.2. The van der Waals surface area contributed by atoms with Gasteiger partial charge < -0.3 is 10.1 Å². The molecule has 0 aliphatic rings. The summed E-state index contributed by atoms with van der Waals surface area (Å²) in [6.45, 7) is -0.167. The summed E-state index contributed by atoms with van der Waals surface area (Å²) in [6, 6.07) is 21.0. The lowest BCUT2D eigenvalue weighted by atomic mass is 10.2. The smallest absolute Gasteiger partial charge is 0.262 e. The number of nitrogens with zero attached hydrogens (tertiary/aromatic N) is 1. The fourth-order valence-corrected chi connectivity index (χ4v) is 3.64. The molecular weight excluding hydrogens is 363 g/mol. The van der Waals surface area contributed by atoms with Gasteiger partial charge in [-0.05, 0) is 48.5 Å². The number of anilines is 1. The van der Waals surface area contributed by atoms with Crippen molar-refractivity contribution in [2.75, 3.05) is 11.9 Å². The zero-order valence-corrected chi connectivity index (χ0v) is 15.0. The van der Waals surface area contributed by atoms with Crippen LogP contribution in [0.15, 0.2) is 72.8 Å². The molecule has 1 heterocycles. The van der Waals surface area contributed by atoms with Crippen LogP contribution in [0.1, 0.15) is 0 Å². The highest BCUT2D eigenvalue weighted by Crippen LogP contribution is 2.34. The first-order valence-corrected chi connectivity index (χ1v) is 9.14. The second-order valence-electron chi connectivity index (χ2n) is 5.82. The summed E-state index contributed by atoms with van der Waals surface area (Å²) in [6.07, 6.45) is 0. The van der Waals surface area contributed by atoms with E-state index in [0.717, 1.165) is 20.8 Å². The van der Waals surface area contributed by atoms with Crippen LogP contribution in [-0.4, -0.2) is 17.5 Å². The number of carbonyl (C=O) groups excluding carboxylic acids is 1. The molecule has 3 aromatic carbocycles. The highest BCUT2D eigenvalue weighted by molar-refractivity contribution is 7.21. The quantitative estimate of drug-likeness (QED) is 0.524. The Morgan fingerprint density at radius 1 is 1.00 bits per heavy atom. The van der Waals surface area contributed by atoms with Crippen molar-refractivity contribution < 1.29 is 13.9 Å². The summed E-state index contributed by atoms with van der Waals surface area (Å²) in [5.41, 5.74) is 2.45. The molecule has 134 valence electrons. The van der Waals surface area contributed by atoms with Gasteiger partial charge >= 0.3 is 0 Å². The van der Waals surface area contributed by atoms with Crippen molar-refractivity contribution in [2.24, 2.45) is 0 Å². The molecule has 0 spiro atoms. The predicted octanol–water partition coefficient (Wildman–Crippen LogP) is 5.12. The van der Waals surface area contributed by atoms with Crippen LogP contribution in [0.25, 0.3) is 20.8 Å². The molecule has 0 aliphatic carbocycles. The Hall–Kier alpha value is -3.25. The maximum atomic E-state index is 12.9. The number of nitrogens with one attached hydrogen (secondary N) is 1. The van der Waals surface area contributed by atoms with Crippen molar-refractivity contribution >= 4 is 33.1 Å². The molecule has 27 heavy (non-hydrogen) atoms. The van der Waals surface area contributed by atoms with E-state index < -0.39 is 0 Å². The Labute approximate surface area is 159 Å². The minimum Gasteiger partial charge on any atom is -0.484 e. The Bertz CT molecular complexity index is 1060. The minimum atomic E-state index is -0.350. The van der Waals surface area contributed by atoms with Crippen LogP contribution < -0.4 is 10.1 Å². The van der Waals surface area contributed by atoms with E-state index in [1.807, 2.05) is 48.5 Å². The van der Waals surface area contributed by atoms with Crippen molar-refractivity contribution in [3.63, 3.8) is 0 Å². The standard InChI is InChI=1S/C21H15FN2O2S/c22-14-9-11-15(12-10-14)26-13-20(25)23-17-6-2-1-5-16(17)21-24-18-7-3-4-8-19(18)27-21/h1-12H,13H2,(H,23,25). The predicted molar refractivity (Wildman–Crippen MR) is 106 cm³/mol. The molecule has 0 aliphatic heterocycles. The maximum absolute atomic E-state index is 12.9. The van der Waals surface area contributed by atoms with E-state index in [2.05, 4.69) is 10.3 Å². The van der Waals surface area contributed by atoms with E-state index >= 15 is 0 Å². The van der Waals surface area contributed by atoms with Gasteiger partial charge in [0.25, 0.3) is 5.91 Å². The maximum Gasteiger partial charge on any atom is 0.262 e. The van der Waals surface area contributed by atoms with Crippen molar-refractivity contribution in [3.8, 4) is 16.3 Å². The fraction of sp³-hybridized carbons (Fsp3) is 0.0476. The van der Waals surface area contributed by atoms with Gasteiger partial charge in [0.05, 0.1) is 15.9 Å². The number of aromatic nitrogens is 1. The molecule has 0 fully saturated rings. The number of carbonyl (C=O) groups is 1. The molecule has 1 amide bonds. The molecule has 4 nitrogen and oxygen atoms in total. The second kappa shape index (κ2) is 7.55. The number of halogens is 1. The monoisotopic (exact) mass is 378 g/mol. The van der Waals surface area contributed by atoms with E-state index in [0.29, 0.717) is 11.4 Å². The van der Waals surface area contributed by atoms with Crippen LogP contribution in [0.4, 0.5) is 10.1 Å². The largest absolute Gasteiger partial charge is 0.484 e. The van der Waals surface area contributed by atoms with Gasteiger partial charge in [0.1, 0.15) is 16.6 Å². The summed E-state index contributed by atoms with van der Waals surface area (Å²) in [4.78, 5) is 16.9. The number of para-hydroxylation sites is 2. The first kappa shape index (κ1) is 17.2. The lowest BCUT2D eigenvalue weighted by Crippen LogP contribution is -2.20. The Morgan fingerprint density at radius 2 is 1.74 bits per heavy atom. The van der Waals surface area contributed by atoms with Gasteiger partial charge in [-0.1, -0.05) is 24.3 Å². The average Bonchev–Trinajstić information content (AvgIpc) is 3.12. The molecule has 4 rings (SSSR count). The van der Waals surface area contributed by atoms with E-state index in [9.17, 15) is 9.18 Å². The molecule has 0 atom stereocenters. The highest BCUT2D eigenvalue weighted by Gasteiger charge is 2.12. The highest BCUT2D eigenvalue weighted by atomic mass is 32.1. The molecule has 4 aromatic rings. The molecule has 0 saturated carbocycles. The van der Waals surface area contributed by atoms with E-state index in [1.165, 1.54) is 24.3 Å². The van der Waals surface area contributed by atoms with E-state index in [1.54, 1.807) is 11.3 Å². The number of benzene rings is 3. The number of rotatable bonds is 5. The van der Waals surface area contributed by atoms with Gasteiger partial charge in [0, 0.05) is 5.56 Å². The topological polar surface area (TPSA) is 51.2 Å². The van der Waals surface area contributed by atoms with Crippen LogP contribution in [0.2, 0.25) is 0 Å². The zero-order chi connectivity index (χ0) is 18.6. The SMILES string of the molecule is O=C(COc1ccc(F)cc1)Nc1ccccc1-c1nc2ccccc2s1. The van der Waals surface area contributed by atoms with Crippen molar-refractivity contribution in [1.82, 2.24) is 4.98 Å². The number of amides is 1. The molecule has 1 aromatic heterocycles. The molecular formula is C21H15FN2O2S. The number of hydrogen-bond donors (Lipinski definition) is 1. The Balaban J connectivity index is 1.50. The summed E-state index contributed by atoms with van der Waals surface area (Å²) in [5.74, 6) is -0.213. The summed E-state index contributed by atoms with van der Waals surface area (Å²) >= 11 is 1.57. The third-order valence-corrected chi connectivity index (χ3v) is 4.98. The van der Waals surface area contributed by atoms with Crippen molar-refractivity contribution in [1.29, 1.82) is 0 Å². The van der Waals surface area contributed by atoms with Crippen LogP contribution in [0.5, 0.6) is 5.75 Å². The summed E-state index contributed by atoms with van der Waals surface area (Å²) in [7, 11) is 0. The summed E-state index contributed by atoms with van der Waals surface area (Å²) < 4.78 is 19.4. The van der Waals surface area contributed by atoms with Crippen LogP contribution >= 0.6 is 11.3 Å². The van der Waals surface area contributed by atoms with Gasteiger partial charge in [-0.25, -0.2) is 9.37 Å². The average molecular weight is 378 g/mol. The normalized spacial score (nSPS) is 10.7. The minimum absolute atomic E-state index is 0.167. The number of fused-ring (bicyclic) bond motifs is 1. The third kappa shape index (κ3) is 3.96. The molecule has 0 radical (unpaired) electrons. The van der Waals surface area contributed by atoms with Gasteiger partial charge in [0.15, 0.2) is 6.61 Å². The molecule has 1 N–H and O–H groups in total. The molecule has 0 bridgehead atoms.